The molecule has 1 atom stereocenters. The predicted molar refractivity (Wildman–Crippen MR) is 111 cm³/mol. The van der Waals surface area contributed by atoms with Crippen LogP contribution in [-0.4, -0.2) is 96.9 Å². The smallest absolute Gasteiger partial charge is 0.409 e. The van der Waals surface area contributed by atoms with Crippen molar-refractivity contribution in [2.24, 2.45) is 0 Å². The highest BCUT2D eigenvalue weighted by atomic mass is 16.5. The van der Waals surface area contributed by atoms with Crippen molar-refractivity contribution in [3.63, 3.8) is 0 Å². The summed E-state index contributed by atoms with van der Waals surface area (Å²) in [5.74, 6) is 0.844. The molecule has 1 aromatic rings. The lowest BCUT2D eigenvalue weighted by atomic mass is 9.91. The van der Waals surface area contributed by atoms with Crippen LogP contribution in [0.25, 0.3) is 0 Å². The number of carbonyl (C=O) groups excluding carboxylic acids is 2. The normalized spacial score (nSPS) is 24.7. The van der Waals surface area contributed by atoms with Gasteiger partial charge < -0.3 is 24.4 Å². The van der Waals surface area contributed by atoms with Crippen molar-refractivity contribution >= 4 is 12.0 Å². The summed E-state index contributed by atoms with van der Waals surface area (Å²) in [6.45, 7) is 4.77. The summed E-state index contributed by atoms with van der Waals surface area (Å²) in [6, 6.07) is 5.65. The van der Waals surface area contributed by atoms with Crippen molar-refractivity contribution < 1.29 is 24.2 Å². The average Bonchev–Trinajstić information content (AvgIpc) is 2.78. The third-order valence-corrected chi connectivity index (χ3v) is 6.32. The van der Waals surface area contributed by atoms with E-state index in [2.05, 4.69) is 4.90 Å². The monoisotopic (exact) mass is 417 g/mol. The topological polar surface area (TPSA) is 82.6 Å². The van der Waals surface area contributed by atoms with Crippen LogP contribution in [0, 0.1) is 0 Å². The molecule has 4 rings (SSSR count). The number of β-amino-alcohol motifs (C(OH)–C–C–N with tert-alkyl or cyclic N) is 1. The Morgan fingerprint density at radius 1 is 1.13 bits per heavy atom. The van der Waals surface area contributed by atoms with E-state index in [1.54, 1.807) is 9.80 Å². The first-order chi connectivity index (χ1) is 14.5. The second-order valence-electron chi connectivity index (χ2n) is 8.56. The second kappa shape index (κ2) is 8.81. The van der Waals surface area contributed by atoms with E-state index in [-0.39, 0.29) is 12.0 Å². The fourth-order valence-electron chi connectivity index (χ4n) is 4.72. The molecule has 1 N–H and O–H groups in total. The number of hydrogen-bond donors (Lipinski definition) is 1. The number of benzene rings is 1. The van der Waals surface area contributed by atoms with Crippen molar-refractivity contribution in [2.75, 3.05) is 59.5 Å². The maximum atomic E-state index is 13.1. The fourth-order valence-corrected chi connectivity index (χ4v) is 4.72. The number of amides is 2. The van der Waals surface area contributed by atoms with Gasteiger partial charge in [-0.1, -0.05) is 0 Å². The molecule has 2 saturated heterocycles. The molecule has 3 heterocycles. The molecule has 1 aromatic carbocycles. The molecule has 3 aliphatic heterocycles. The quantitative estimate of drug-likeness (QED) is 0.800. The van der Waals surface area contributed by atoms with Gasteiger partial charge in [0.25, 0.3) is 5.91 Å². The Balaban J connectivity index is 1.36. The molecular formula is C22H31N3O5. The fraction of sp³-hybridized carbons (Fsp3) is 0.636. The minimum Gasteiger partial charge on any atom is -0.493 e. The standard InChI is InChI=1S/C22H31N3O5/c1-29-21(27)24-11-9-23(10-12-24)15-22(28)7-3-8-25(16-22)20(26)18-5-6-19-17(14-18)4-2-13-30-19/h5-6,14,28H,2-4,7-13,15-16H2,1H3. The van der Waals surface area contributed by atoms with Gasteiger partial charge in [0.15, 0.2) is 0 Å². The number of piperazine rings is 1. The van der Waals surface area contributed by atoms with Gasteiger partial charge in [-0.05, 0) is 49.4 Å². The number of piperidine rings is 1. The van der Waals surface area contributed by atoms with Crippen LogP contribution in [0.5, 0.6) is 5.75 Å². The van der Waals surface area contributed by atoms with E-state index in [1.165, 1.54) is 7.11 Å². The van der Waals surface area contributed by atoms with Crippen LogP contribution in [0.4, 0.5) is 4.79 Å². The van der Waals surface area contributed by atoms with Gasteiger partial charge in [-0.15, -0.1) is 0 Å². The minimum absolute atomic E-state index is 0.0305. The van der Waals surface area contributed by atoms with E-state index in [0.717, 1.165) is 37.2 Å². The largest absolute Gasteiger partial charge is 0.493 e. The Morgan fingerprint density at radius 3 is 2.70 bits per heavy atom. The number of hydrogen-bond acceptors (Lipinski definition) is 6. The number of carbonyl (C=O) groups is 2. The third kappa shape index (κ3) is 4.54. The van der Waals surface area contributed by atoms with Gasteiger partial charge in [0.1, 0.15) is 5.75 Å². The zero-order chi connectivity index (χ0) is 21.1. The van der Waals surface area contributed by atoms with Gasteiger partial charge >= 0.3 is 6.09 Å². The zero-order valence-corrected chi connectivity index (χ0v) is 17.6. The van der Waals surface area contributed by atoms with E-state index < -0.39 is 5.60 Å². The number of rotatable bonds is 3. The van der Waals surface area contributed by atoms with Gasteiger partial charge in [0, 0.05) is 44.8 Å². The summed E-state index contributed by atoms with van der Waals surface area (Å²) in [7, 11) is 1.39. The molecule has 0 radical (unpaired) electrons. The lowest BCUT2D eigenvalue weighted by Gasteiger charge is -2.43. The van der Waals surface area contributed by atoms with Crippen LogP contribution < -0.4 is 4.74 Å². The number of methoxy groups -OCH3 is 1. The highest BCUT2D eigenvalue weighted by Gasteiger charge is 2.38. The van der Waals surface area contributed by atoms with Crippen molar-refractivity contribution in [3.8, 4) is 5.75 Å². The number of ether oxygens (including phenoxy) is 2. The maximum Gasteiger partial charge on any atom is 0.409 e. The highest BCUT2D eigenvalue weighted by Crippen LogP contribution is 2.28. The van der Waals surface area contributed by atoms with Crippen molar-refractivity contribution in [2.45, 2.75) is 31.3 Å². The second-order valence-corrected chi connectivity index (χ2v) is 8.56. The molecule has 30 heavy (non-hydrogen) atoms. The Bertz CT molecular complexity index is 793. The lowest BCUT2D eigenvalue weighted by molar-refractivity contribution is -0.0524. The molecule has 8 heteroatoms. The molecule has 2 amide bonds. The van der Waals surface area contributed by atoms with Gasteiger partial charge in [-0.25, -0.2) is 4.79 Å². The molecule has 1 unspecified atom stereocenters. The summed E-state index contributed by atoms with van der Waals surface area (Å²) >= 11 is 0. The third-order valence-electron chi connectivity index (χ3n) is 6.32. The summed E-state index contributed by atoms with van der Waals surface area (Å²) in [5.41, 5.74) is 0.816. The summed E-state index contributed by atoms with van der Waals surface area (Å²) in [6.07, 6.45) is 3.04. The van der Waals surface area contributed by atoms with E-state index in [0.29, 0.717) is 57.8 Å². The number of nitrogens with zero attached hydrogens (tertiary/aromatic N) is 3. The molecule has 3 aliphatic rings. The van der Waals surface area contributed by atoms with Crippen molar-refractivity contribution in [1.29, 1.82) is 0 Å². The Kier molecular flexibility index (Phi) is 6.15. The Hall–Kier alpha value is -2.32. The van der Waals surface area contributed by atoms with Gasteiger partial charge in [0.2, 0.25) is 0 Å². The average molecular weight is 418 g/mol. The molecular weight excluding hydrogens is 386 g/mol. The van der Waals surface area contributed by atoms with E-state index >= 15 is 0 Å². The molecule has 2 fully saturated rings. The summed E-state index contributed by atoms with van der Waals surface area (Å²) in [4.78, 5) is 30.4. The first kappa shape index (κ1) is 20.9. The van der Waals surface area contributed by atoms with Gasteiger partial charge in [0.05, 0.1) is 25.9 Å². The van der Waals surface area contributed by atoms with Crippen molar-refractivity contribution in [1.82, 2.24) is 14.7 Å². The molecule has 0 saturated carbocycles. The highest BCUT2D eigenvalue weighted by molar-refractivity contribution is 5.94. The SMILES string of the molecule is COC(=O)N1CCN(CC2(O)CCCN(C(=O)c3ccc4c(c3)CCCO4)C2)CC1. The minimum atomic E-state index is -0.932. The first-order valence-corrected chi connectivity index (χ1v) is 10.8. The first-order valence-electron chi connectivity index (χ1n) is 10.8. The van der Waals surface area contributed by atoms with Gasteiger partial charge in [-0.3, -0.25) is 9.69 Å². The van der Waals surface area contributed by atoms with Crippen LogP contribution >= 0.6 is 0 Å². The number of aryl methyl sites for hydroxylation is 1. The Morgan fingerprint density at radius 2 is 1.93 bits per heavy atom. The maximum absolute atomic E-state index is 13.1. The van der Waals surface area contributed by atoms with Crippen LogP contribution in [0.2, 0.25) is 0 Å². The van der Waals surface area contributed by atoms with E-state index in [4.69, 9.17) is 9.47 Å². The van der Waals surface area contributed by atoms with Crippen LogP contribution in [0.3, 0.4) is 0 Å². The number of aliphatic hydroxyl groups is 1. The summed E-state index contributed by atoms with van der Waals surface area (Å²) in [5, 5.41) is 11.2. The van der Waals surface area contributed by atoms with Gasteiger partial charge in [-0.2, -0.15) is 0 Å². The predicted octanol–water partition coefficient (Wildman–Crippen LogP) is 1.36. The lowest BCUT2D eigenvalue weighted by Crippen LogP contribution is -2.58. The Labute approximate surface area is 177 Å². The summed E-state index contributed by atoms with van der Waals surface area (Å²) < 4.78 is 10.4. The molecule has 164 valence electrons. The van der Waals surface area contributed by atoms with Crippen molar-refractivity contribution in [3.05, 3.63) is 29.3 Å². The van der Waals surface area contributed by atoms with E-state index in [1.807, 2.05) is 18.2 Å². The molecule has 0 spiro atoms. The molecule has 0 aromatic heterocycles. The van der Waals surface area contributed by atoms with Crippen LogP contribution in [0.15, 0.2) is 18.2 Å². The zero-order valence-electron chi connectivity index (χ0n) is 17.6. The number of fused-ring (bicyclic) bond motifs is 1. The van der Waals surface area contributed by atoms with Crippen LogP contribution in [-0.2, 0) is 11.2 Å². The molecule has 0 bridgehead atoms. The van der Waals surface area contributed by atoms with Crippen LogP contribution in [0.1, 0.15) is 35.2 Å². The molecule has 0 aliphatic carbocycles. The number of likely N-dealkylation sites (tertiary alicyclic amines) is 1. The molecule has 8 nitrogen and oxygen atoms in total. The van der Waals surface area contributed by atoms with E-state index in [9.17, 15) is 14.7 Å².